The Bertz CT molecular complexity index is 732. The number of carbonyl (C=O) groups is 2. The summed E-state index contributed by atoms with van der Waals surface area (Å²) < 4.78 is 12.9. The van der Waals surface area contributed by atoms with Crippen LogP contribution in [0.1, 0.15) is 30.6 Å². The van der Waals surface area contributed by atoms with Crippen LogP contribution >= 0.6 is 0 Å². The predicted molar refractivity (Wildman–Crippen MR) is 84.7 cm³/mol. The zero-order chi connectivity index (χ0) is 16.8. The summed E-state index contributed by atoms with van der Waals surface area (Å²) in [6.45, 7) is 3.90. The fourth-order valence-corrected chi connectivity index (χ4v) is 3.27. The van der Waals surface area contributed by atoms with E-state index in [1.165, 1.54) is 24.3 Å². The molecular weight excluding hydrogens is 295 g/mol. The van der Waals surface area contributed by atoms with Gasteiger partial charge in [-0.1, -0.05) is 19.9 Å². The first-order valence-corrected chi connectivity index (χ1v) is 7.57. The van der Waals surface area contributed by atoms with Gasteiger partial charge in [-0.05, 0) is 36.8 Å². The lowest BCUT2D eigenvalue weighted by Crippen LogP contribution is -2.29. The van der Waals surface area contributed by atoms with Crippen LogP contribution in [-0.2, 0) is 4.79 Å². The molecule has 1 heterocycles. The van der Waals surface area contributed by atoms with Crippen molar-refractivity contribution in [2.45, 2.75) is 20.3 Å². The Balaban J connectivity index is 1.79. The van der Waals surface area contributed by atoms with Crippen molar-refractivity contribution in [3.8, 4) is 0 Å². The highest BCUT2D eigenvalue weighted by molar-refractivity contribution is 5.95. The number of nitrogens with one attached hydrogen (secondary N) is 1. The van der Waals surface area contributed by atoms with Crippen LogP contribution in [0.5, 0.6) is 0 Å². The lowest BCUT2D eigenvalue weighted by molar-refractivity contribution is -0.133. The maximum Gasteiger partial charge on any atom is 0.255 e. The second kappa shape index (κ2) is 5.33. The molecule has 2 aliphatic rings. The lowest BCUT2D eigenvalue weighted by atomic mass is 9.76. The Labute approximate surface area is 134 Å². The topological polar surface area (TPSA) is 49.4 Å². The molecule has 1 aromatic rings. The van der Waals surface area contributed by atoms with Gasteiger partial charge in [-0.3, -0.25) is 9.59 Å². The van der Waals surface area contributed by atoms with Crippen LogP contribution in [-0.4, -0.2) is 23.8 Å². The largest absolute Gasteiger partial charge is 0.322 e. The van der Waals surface area contributed by atoms with Crippen molar-refractivity contribution in [3.05, 3.63) is 59.2 Å². The first-order valence-electron chi connectivity index (χ1n) is 7.57. The standard InChI is InChI=1S/C18H19FN2O2/c1-18(2)14-9-8-13(10-15(14)21(3)17(18)23)20-16(22)11-4-6-12(19)7-5-11/h4-8,10,14H,9H2,1-3H3,(H,20,22). The van der Waals surface area contributed by atoms with Gasteiger partial charge in [0.15, 0.2) is 0 Å². The van der Waals surface area contributed by atoms with E-state index in [0.29, 0.717) is 17.7 Å². The van der Waals surface area contributed by atoms with Crippen LogP contribution in [0.2, 0.25) is 0 Å². The molecule has 1 aliphatic carbocycles. The molecule has 0 radical (unpaired) electrons. The van der Waals surface area contributed by atoms with Crippen LogP contribution in [0.25, 0.3) is 0 Å². The Morgan fingerprint density at radius 3 is 2.61 bits per heavy atom. The smallest absolute Gasteiger partial charge is 0.255 e. The minimum atomic E-state index is -0.427. The normalized spacial score (nSPS) is 22.3. The van der Waals surface area contributed by atoms with Crippen molar-refractivity contribution in [2.24, 2.45) is 11.3 Å². The highest BCUT2D eigenvalue weighted by Crippen LogP contribution is 2.46. The highest BCUT2D eigenvalue weighted by Gasteiger charge is 2.49. The van der Waals surface area contributed by atoms with Gasteiger partial charge in [0, 0.05) is 29.9 Å². The molecule has 3 rings (SSSR count). The molecule has 0 bridgehead atoms. The van der Waals surface area contributed by atoms with E-state index in [1.807, 2.05) is 26.0 Å². The van der Waals surface area contributed by atoms with Gasteiger partial charge in [0.1, 0.15) is 5.82 Å². The lowest BCUT2D eigenvalue weighted by Gasteiger charge is -2.25. The van der Waals surface area contributed by atoms with Gasteiger partial charge in [0.25, 0.3) is 5.91 Å². The molecule has 1 aromatic carbocycles. The van der Waals surface area contributed by atoms with E-state index in [9.17, 15) is 14.0 Å². The summed E-state index contributed by atoms with van der Waals surface area (Å²) >= 11 is 0. The number of nitrogens with zero attached hydrogens (tertiary/aromatic N) is 1. The van der Waals surface area contributed by atoms with Gasteiger partial charge in [0.2, 0.25) is 5.91 Å². The van der Waals surface area contributed by atoms with Gasteiger partial charge >= 0.3 is 0 Å². The number of hydrogen-bond acceptors (Lipinski definition) is 2. The van der Waals surface area contributed by atoms with Crippen molar-refractivity contribution < 1.29 is 14.0 Å². The molecule has 0 aromatic heterocycles. The summed E-state index contributed by atoms with van der Waals surface area (Å²) in [5, 5.41) is 2.82. The van der Waals surface area contributed by atoms with E-state index in [1.54, 1.807) is 11.9 Å². The molecular formula is C18H19FN2O2. The summed E-state index contributed by atoms with van der Waals surface area (Å²) in [5.74, 6) is -0.450. The summed E-state index contributed by atoms with van der Waals surface area (Å²) in [6, 6.07) is 5.39. The van der Waals surface area contributed by atoms with Crippen LogP contribution in [0.3, 0.4) is 0 Å². The van der Waals surface area contributed by atoms with Gasteiger partial charge < -0.3 is 10.2 Å². The number of hydrogen-bond donors (Lipinski definition) is 1. The van der Waals surface area contributed by atoms with Crippen molar-refractivity contribution in [1.82, 2.24) is 10.2 Å². The Hall–Kier alpha value is -2.43. The highest BCUT2D eigenvalue weighted by atomic mass is 19.1. The molecule has 5 heteroatoms. The number of halogens is 1. The summed E-state index contributed by atoms with van der Waals surface area (Å²) in [4.78, 5) is 26.2. The number of rotatable bonds is 2. The monoisotopic (exact) mass is 314 g/mol. The van der Waals surface area contributed by atoms with E-state index < -0.39 is 5.41 Å². The third-order valence-electron chi connectivity index (χ3n) is 4.71. The van der Waals surface area contributed by atoms with Crippen molar-refractivity contribution in [3.63, 3.8) is 0 Å². The van der Waals surface area contributed by atoms with Gasteiger partial charge in [-0.15, -0.1) is 0 Å². The number of fused-ring (bicyclic) bond motifs is 1. The quantitative estimate of drug-likeness (QED) is 0.912. The number of amides is 2. The average Bonchev–Trinajstić information content (AvgIpc) is 2.69. The molecule has 120 valence electrons. The first-order chi connectivity index (χ1) is 10.8. The minimum Gasteiger partial charge on any atom is -0.322 e. The van der Waals surface area contributed by atoms with Crippen molar-refractivity contribution in [2.75, 3.05) is 7.05 Å². The molecule has 0 spiro atoms. The molecule has 1 unspecified atom stereocenters. The van der Waals surface area contributed by atoms with E-state index in [2.05, 4.69) is 5.32 Å². The molecule has 1 saturated heterocycles. The van der Waals surface area contributed by atoms with Gasteiger partial charge in [-0.2, -0.15) is 0 Å². The first kappa shape index (κ1) is 15.5. The Kier molecular flexibility index (Phi) is 3.59. The summed E-state index contributed by atoms with van der Waals surface area (Å²) in [6.07, 6.45) is 4.49. The molecule has 1 fully saturated rings. The fraction of sp³-hybridized carbons (Fsp3) is 0.333. The molecule has 1 aliphatic heterocycles. The van der Waals surface area contributed by atoms with Crippen LogP contribution in [0, 0.1) is 17.2 Å². The van der Waals surface area contributed by atoms with E-state index in [0.717, 1.165) is 5.70 Å². The van der Waals surface area contributed by atoms with Crippen LogP contribution < -0.4 is 5.32 Å². The van der Waals surface area contributed by atoms with E-state index in [-0.39, 0.29) is 23.5 Å². The van der Waals surface area contributed by atoms with Crippen molar-refractivity contribution >= 4 is 11.8 Å². The molecule has 2 amide bonds. The summed E-state index contributed by atoms with van der Waals surface area (Å²) in [7, 11) is 1.76. The molecule has 23 heavy (non-hydrogen) atoms. The van der Waals surface area contributed by atoms with Gasteiger partial charge in [0.05, 0.1) is 5.41 Å². The number of benzene rings is 1. The number of allylic oxidation sites excluding steroid dienone is 3. The maximum absolute atomic E-state index is 12.9. The zero-order valence-corrected chi connectivity index (χ0v) is 13.4. The Morgan fingerprint density at radius 1 is 1.30 bits per heavy atom. The van der Waals surface area contributed by atoms with E-state index >= 15 is 0 Å². The minimum absolute atomic E-state index is 0.0910. The van der Waals surface area contributed by atoms with Crippen molar-refractivity contribution in [1.29, 1.82) is 0 Å². The van der Waals surface area contributed by atoms with E-state index in [4.69, 9.17) is 0 Å². The molecule has 1 atom stereocenters. The molecule has 0 saturated carbocycles. The molecule has 1 N–H and O–H groups in total. The second-order valence-electron chi connectivity index (χ2n) is 6.56. The third kappa shape index (κ3) is 2.56. The fourth-order valence-electron chi connectivity index (χ4n) is 3.27. The number of carbonyl (C=O) groups excluding carboxylic acids is 2. The zero-order valence-electron chi connectivity index (χ0n) is 13.4. The van der Waals surface area contributed by atoms with Crippen LogP contribution in [0.4, 0.5) is 4.39 Å². The molecule has 4 nitrogen and oxygen atoms in total. The Morgan fingerprint density at radius 2 is 1.96 bits per heavy atom. The number of likely N-dealkylation sites (tertiary alicyclic amines) is 1. The third-order valence-corrected chi connectivity index (χ3v) is 4.71. The van der Waals surface area contributed by atoms with Crippen LogP contribution in [0.15, 0.2) is 47.8 Å². The maximum atomic E-state index is 12.9. The average molecular weight is 314 g/mol. The second-order valence-corrected chi connectivity index (χ2v) is 6.56. The SMILES string of the molecule is CN1C(=O)C(C)(C)C2CC=C(NC(=O)c3ccc(F)cc3)C=C21. The van der Waals surface area contributed by atoms with Gasteiger partial charge in [-0.25, -0.2) is 4.39 Å². The summed E-state index contributed by atoms with van der Waals surface area (Å²) in [5.41, 5.74) is 1.56. The predicted octanol–water partition coefficient (Wildman–Crippen LogP) is 2.84.